The highest BCUT2D eigenvalue weighted by Crippen LogP contribution is 2.09. The molecule has 1 rings (SSSR count). The van der Waals surface area contributed by atoms with Crippen LogP contribution < -0.4 is 11.1 Å². The molecule has 1 aromatic rings. The third kappa shape index (κ3) is 4.83. The summed E-state index contributed by atoms with van der Waals surface area (Å²) < 4.78 is 0. The monoisotopic (exact) mass is 299 g/mol. The maximum Gasteiger partial charge on any atom is 0.244 e. The van der Waals surface area contributed by atoms with Crippen LogP contribution >= 0.6 is 12.4 Å². The van der Waals surface area contributed by atoms with E-state index >= 15 is 0 Å². The zero-order valence-corrected chi connectivity index (χ0v) is 12.8. The number of rotatable bonds is 5. The number of nitrogens with two attached hydrogens (primary N) is 1. The summed E-state index contributed by atoms with van der Waals surface area (Å²) in [4.78, 5) is 25.4. The van der Waals surface area contributed by atoms with Gasteiger partial charge in [-0.2, -0.15) is 0 Å². The Balaban J connectivity index is 0.00000361. The van der Waals surface area contributed by atoms with Crippen LogP contribution in [0.4, 0.5) is 0 Å². The van der Waals surface area contributed by atoms with Gasteiger partial charge in [-0.05, 0) is 19.4 Å². The van der Waals surface area contributed by atoms with Crippen molar-refractivity contribution in [3.8, 4) is 0 Å². The first kappa shape index (κ1) is 18.4. The number of nitrogens with zero attached hydrogens (tertiary/aromatic N) is 1. The molecule has 2 atom stereocenters. The van der Waals surface area contributed by atoms with Crippen molar-refractivity contribution < 1.29 is 9.59 Å². The summed E-state index contributed by atoms with van der Waals surface area (Å²) in [6.07, 6.45) is 0. The highest BCUT2D eigenvalue weighted by molar-refractivity contribution is 5.89. The summed E-state index contributed by atoms with van der Waals surface area (Å²) in [6.45, 7) is 4.13. The largest absolute Gasteiger partial charge is 0.344 e. The molecule has 0 aliphatic carbocycles. The molecule has 0 radical (unpaired) electrons. The summed E-state index contributed by atoms with van der Waals surface area (Å²) in [6, 6.07) is 7.74. The molecule has 0 saturated carbocycles. The summed E-state index contributed by atoms with van der Waals surface area (Å²) in [7, 11) is 1.70. The SMILES string of the molecule is CCN(C)C(=O)C(C)NC(=O)C(N)c1ccccc1.Cl. The summed E-state index contributed by atoms with van der Waals surface area (Å²) in [5.74, 6) is -0.479. The summed E-state index contributed by atoms with van der Waals surface area (Å²) in [5, 5.41) is 2.64. The molecule has 0 bridgehead atoms. The number of benzene rings is 1. The molecule has 3 N–H and O–H groups in total. The van der Waals surface area contributed by atoms with Gasteiger partial charge in [0.2, 0.25) is 11.8 Å². The van der Waals surface area contributed by atoms with Crippen LogP contribution in [0.3, 0.4) is 0 Å². The predicted molar refractivity (Wildman–Crippen MR) is 81.5 cm³/mol. The van der Waals surface area contributed by atoms with Crippen molar-refractivity contribution in [2.75, 3.05) is 13.6 Å². The number of nitrogens with one attached hydrogen (secondary N) is 1. The number of carbonyl (C=O) groups is 2. The normalized spacial score (nSPS) is 12.8. The van der Waals surface area contributed by atoms with Crippen molar-refractivity contribution in [2.24, 2.45) is 5.73 Å². The molecule has 5 nitrogen and oxygen atoms in total. The van der Waals surface area contributed by atoms with Gasteiger partial charge in [-0.15, -0.1) is 12.4 Å². The number of likely N-dealkylation sites (N-methyl/N-ethyl adjacent to an activating group) is 1. The first-order chi connectivity index (χ1) is 8.97. The van der Waals surface area contributed by atoms with E-state index in [0.29, 0.717) is 6.54 Å². The standard InChI is InChI=1S/C14H21N3O2.ClH/c1-4-17(3)14(19)10(2)16-13(18)12(15)11-8-6-5-7-9-11;/h5-10,12H,4,15H2,1-3H3,(H,16,18);1H. The number of halogens is 1. The molecule has 0 heterocycles. The Labute approximate surface area is 125 Å². The van der Waals surface area contributed by atoms with E-state index in [9.17, 15) is 9.59 Å². The van der Waals surface area contributed by atoms with Gasteiger partial charge in [0, 0.05) is 13.6 Å². The van der Waals surface area contributed by atoms with Gasteiger partial charge >= 0.3 is 0 Å². The minimum atomic E-state index is -0.761. The van der Waals surface area contributed by atoms with E-state index in [1.807, 2.05) is 25.1 Å². The molecular weight excluding hydrogens is 278 g/mol. The Bertz CT molecular complexity index is 439. The van der Waals surface area contributed by atoms with E-state index in [1.165, 1.54) is 0 Å². The maximum absolute atomic E-state index is 12.0. The van der Waals surface area contributed by atoms with Crippen LogP contribution in [0, 0.1) is 0 Å². The number of hydrogen-bond donors (Lipinski definition) is 2. The molecule has 0 saturated heterocycles. The minimum absolute atomic E-state index is 0. The van der Waals surface area contributed by atoms with Crippen LogP contribution in [0.1, 0.15) is 25.5 Å². The third-order valence-electron chi connectivity index (χ3n) is 3.02. The molecule has 2 unspecified atom stereocenters. The maximum atomic E-state index is 12.0. The Morgan fingerprint density at radius 3 is 2.35 bits per heavy atom. The lowest BCUT2D eigenvalue weighted by atomic mass is 10.1. The van der Waals surface area contributed by atoms with Crippen molar-refractivity contribution in [1.29, 1.82) is 0 Å². The molecule has 0 aliphatic rings. The number of hydrogen-bond acceptors (Lipinski definition) is 3. The highest BCUT2D eigenvalue weighted by atomic mass is 35.5. The molecule has 1 aromatic carbocycles. The molecule has 2 amide bonds. The number of amides is 2. The Morgan fingerprint density at radius 2 is 1.85 bits per heavy atom. The quantitative estimate of drug-likeness (QED) is 0.854. The fraction of sp³-hybridized carbons (Fsp3) is 0.429. The first-order valence-corrected chi connectivity index (χ1v) is 6.33. The lowest BCUT2D eigenvalue weighted by Gasteiger charge is -2.22. The zero-order valence-electron chi connectivity index (χ0n) is 12.0. The van der Waals surface area contributed by atoms with Gasteiger partial charge < -0.3 is 16.0 Å². The molecule has 6 heteroatoms. The van der Waals surface area contributed by atoms with Crippen molar-refractivity contribution in [3.63, 3.8) is 0 Å². The molecule has 0 fully saturated rings. The molecule has 112 valence electrons. The van der Waals surface area contributed by atoms with Crippen molar-refractivity contribution in [2.45, 2.75) is 25.9 Å². The first-order valence-electron chi connectivity index (χ1n) is 6.33. The molecular formula is C14H22ClN3O2. The summed E-state index contributed by atoms with van der Waals surface area (Å²) in [5.41, 5.74) is 6.58. The van der Waals surface area contributed by atoms with Gasteiger partial charge in [0.25, 0.3) is 0 Å². The van der Waals surface area contributed by atoms with Crippen molar-refractivity contribution in [1.82, 2.24) is 10.2 Å². The van der Waals surface area contributed by atoms with Gasteiger partial charge in [-0.3, -0.25) is 9.59 Å². The van der Waals surface area contributed by atoms with Crippen molar-refractivity contribution in [3.05, 3.63) is 35.9 Å². The van der Waals surface area contributed by atoms with Crippen LogP contribution in [0.2, 0.25) is 0 Å². The summed E-state index contributed by atoms with van der Waals surface area (Å²) >= 11 is 0. The van der Waals surface area contributed by atoms with Crippen LogP contribution in [-0.4, -0.2) is 36.3 Å². The minimum Gasteiger partial charge on any atom is -0.344 e. The Hall–Kier alpha value is -1.59. The van der Waals surface area contributed by atoms with E-state index in [-0.39, 0.29) is 24.2 Å². The van der Waals surface area contributed by atoms with Gasteiger partial charge in [0.05, 0.1) is 0 Å². The zero-order chi connectivity index (χ0) is 14.4. The topological polar surface area (TPSA) is 75.4 Å². The third-order valence-corrected chi connectivity index (χ3v) is 3.02. The second-order valence-corrected chi connectivity index (χ2v) is 4.47. The van der Waals surface area contributed by atoms with Gasteiger partial charge in [-0.25, -0.2) is 0 Å². The molecule has 20 heavy (non-hydrogen) atoms. The van der Waals surface area contributed by atoms with Crippen LogP contribution in [0.25, 0.3) is 0 Å². The van der Waals surface area contributed by atoms with E-state index in [0.717, 1.165) is 5.56 Å². The predicted octanol–water partition coefficient (Wildman–Crippen LogP) is 1.09. The second kappa shape index (κ2) is 8.55. The van der Waals surface area contributed by atoms with Gasteiger partial charge in [0.1, 0.15) is 12.1 Å². The smallest absolute Gasteiger partial charge is 0.244 e. The average Bonchev–Trinajstić information content (AvgIpc) is 2.45. The Kier molecular flexibility index (Phi) is 7.87. The van der Waals surface area contributed by atoms with Crippen molar-refractivity contribution >= 4 is 24.2 Å². The lowest BCUT2D eigenvalue weighted by Crippen LogP contribution is -2.48. The molecule has 0 spiro atoms. The van der Waals surface area contributed by atoms with Gasteiger partial charge in [0.15, 0.2) is 0 Å². The van der Waals surface area contributed by atoms with Gasteiger partial charge in [-0.1, -0.05) is 30.3 Å². The van der Waals surface area contributed by atoms with E-state index in [1.54, 1.807) is 31.0 Å². The fourth-order valence-electron chi connectivity index (χ4n) is 1.66. The van der Waals surface area contributed by atoms with Crippen LogP contribution in [0.15, 0.2) is 30.3 Å². The molecule has 0 aromatic heterocycles. The van der Waals surface area contributed by atoms with E-state index in [2.05, 4.69) is 5.32 Å². The second-order valence-electron chi connectivity index (χ2n) is 4.47. The van der Waals surface area contributed by atoms with Crippen LogP contribution in [0.5, 0.6) is 0 Å². The number of carbonyl (C=O) groups excluding carboxylic acids is 2. The highest BCUT2D eigenvalue weighted by Gasteiger charge is 2.22. The van der Waals surface area contributed by atoms with E-state index < -0.39 is 12.1 Å². The van der Waals surface area contributed by atoms with Crippen LogP contribution in [-0.2, 0) is 9.59 Å². The Morgan fingerprint density at radius 1 is 1.30 bits per heavy atom. The molecule has 0 aliphatic heterocycles. The lowest BCUT2D eigenvalue weighted by molar-refractivity contribution is -0.135. The average molecular weight is 300 g/mol. The fourth-order valence-corrected chi connectivity index (χ4v) is 1.66. The van der Waals surface area contributed by atoms with E-state index in [4.69, 9.17) is 5.73 Å².